The first kappa shape index (κ1) is 113. The fraction of sp³-hybridized carbons (Fsp3) is 0.303. The molecule has 4 saturated carbocycles. The SMILES string of the molecule is CCC[CH2][Sn]([CH2]CCC)([CH2]CCC)[c]1ccccn1.CN(c1nc(-c2ccccn2)nc2c1CCC2)C1(C(=O)CC2CCCCC2)CC1.CN(c1nc(Cl)nc2c1CCC2)C1(C(=O)CC2CCCCC2)CC1.[Pd].c1ccc(P(c2ccccc2)c2ccccc2)cc1.c1ccc(P(c2ccccc2)c2ccccc2)cc1.c1ccc(P(c2ccccc2)c2ccccc2)cc1.c1ccc(P(c2ccccc2)c2ccccc2)cc1. The van der Waals surface area contributed by atoms with Crippen molar-refractivity contribution in [3.05, 3.63) is 441 Å². The van der Waals surface area contributed by atoms with Gasteiger partial charge in [0.1, 0.15) is 17.3 Å². The summed E-state index contributed by atoms with van der Waals surface area (Å²) < 4.78 is 6.10. The Labute approximate surface area is 916 Å². The van der Waals surface area contributed by atoms with Crippen LogP contribution in [-0.2, 0) is 55.7 Å². The number of hydrogen-bond acceptors (Lipinski definition) is 10. The second-order valence-corrected chi connectivity index (χ2v) is 62.3. The number of aryl methyl sites for hydroxylation is 2. The summed E-state index contributed by atoms with van der Waals surface area (Å²) in [7, 11) is 2.33. The van der Waals surface area contributed by atoms with Gasteiger partial charge in [0, 0.05) is 70.4 Å². The molecule has 22 rings (SSSR count). The summed E-state index contributed by atoms with van der Waals surface area (Å²) in [5.41, 5.74) is 4.79. The van der Waals surface area contributed by atoms with E-state index in [0.29, 0.717) is 34.5 Å². The zero-order chi connectivity index (χ0) is 102. The number of anilines is 2. The number of Topliss-reactive ketones (excluding diaryl/α,β-unsaturated/α-hetero) is 2. The molecule has 149 heavy (non-hydrogen) atoms. The molecule has 4 fully saturated rings. The van der Waals surface area contributed by atoms with Crippen LogP contribution in [0.15, 0.2) is 413 Å². The Hall–Kier alpha value is -10.5. The molecule has 12 aromatic carbocycles. The Morgan fingerprint density at radius 1 is 0.309 bits per heavy atom. The number of hydrogen-bond donors (Lipinski definition) is 0. The third kappa shape index (κ3) is 31.2. The third-order valence-electron chi connectivity index (χ3n) is 29.9. The first-order chi connectivity index (χ1) is 72.9. The predicted molar refractivity (Wildman–Crippen MR) is 639 cm³/mol. The number of ketones is 2. The van der Waals surface area contributed by atoms with E-state index in [-0.39, 0.29) is 31.5 Å². The van der Waals surface area contributed by atoms with Crippen molar-refractivity contribution in [2.45, 2.75) is 225 Å². The van der Waals surface area contributed by atoms with Crippen molar-refractivity contribution in [3.8, 4) is 11.5 Å². The van der Waals surface area contributed by atoms with Gasteiger partial charge in [-0.3, -0.25) is 14.6 Å². The van der Waals surface area contributed by atoms with Gasteiger partial charge in [-0.15, -0.1) is 0 Å². The van der Waals surface area contributed by atoms with E-state index in [4.69, 9.17) is 26.6 Å². The van der Waals surface area contributed by atoms with Gasteiger partial charge in [0.25, 0.3) is 0 Å². The van der Waals surface area contributed by atoms with Crippen LogP contribution in [0, 0.1) is 11.8 Å². The second-order valence-electron chi connectivity index (χ2n) is 40.1. The zero-order valence-electron chi connectivity index (χ0n) is 87.7. The topological polar surface area (TPSA) is 118 Å². The van der Waals surface area contributed by atoms with Crippen molar-refractivity contribution in [1.82, 2.24) is 29.9 Å². The molecule has 0 aliphatic heterocycles. The summed E-state index contributed by atoms with van der Waals surface area (Å²) in [4.78, 5) is 58.7. The fourth-order valence-corrected chi connectivity index (χ4v) is 46.4. The molecule has 0 unspecified atom stereocenters. The fourth-order valence-electron chi connectivity index (χ4n) is 21.6. The quantitative estimate of drug-likeness (QED) is 0.0223. The Morgan fingerprint density at radius 2 is 0.564 bits per heavy atom. The van der Waals surface area contributed by atoms with Crippen LogP contribution in [-0.4, -0.2) is 85.0 Å². The minimum Gasteiger partial charge on any atom is -0.347 e. The average molecular weight is 2260 g/mol. The first-order valence-corrected chi connectivity index (χ1v) is 67.7. The smallest absolute Gasteiger partial charge is 0.224 e. The van der Waals surface area contributed by atoms with E-state index in [1.165, 1.54) is 191 Å². The number of aromatic nitrogens is 6. The first-order valence-electron chi connectivity index (χ1n) is 54.5. The minimum absolute atomic E-state index is 0. The van der Waals surface area contributed by atoms with E-state index in [2.05, 4.69) is 435 Å². The molecule has 0 N–H and O–H groups in total. The largest absolute Gasteiger partial charge is 0.347 e. The number of benzene rings is 12. The normalized spacial score (nSPS) is 14.4. The van der Waals surface area contributed by atoms with Crippen LogP contribution in [0.3, 0.4) is 0 Å². The number of carbonyl (C=O) groups excluding carboxylic acids is 2. The van der Waals surface area contributed by atoms with Gasteiger partial charge in [0.05, 0.1) is 16.8 Å². The Bertz CT molecular complexity index is 5740. The van der Waals surface area contributed by atoms with Crippen molar-refractivity contribution in [3.63, 3.8) is 0 Å². The third-order valence-corrected chi connectivity index (χ3v) is 55.0. The van der Waals surface area contributed by atoms with Gasteiger partial charge in [-0.25, -0.2) is 19.9 Å². The maximum absolute atomic E-state index is 13.4. The van der Waals surface area contributed by atoms with E-state index in [0.717, 1.165) is 106 Å². The van der Waals surface area contributed by atoms with Crippen molar-refractivity contribution >= 4 is 152 Å². The number of pyridine rings is 2. The Morgan fingerprint density at radius 3 is 0.812 bits per heavy atom. The number of likely N-dealkylation sites (N-methyl/N-ethyl adjacent to an activating group) is 2. The van der Waals surface area contributed by atoms with Crippen LogP contribution in [0.2, 0.25) is 18.6 Å². The van der Waals surface area contributed by atoms with Gasteiger partial charge in [0.15, 0.2) is 17.4 Å². The number of fused-ring (bicyclic) bond motifs is 2. The molecule has 0 saturated heterocycles. The molecule has 768 valence electrons. The maximum atomic E-state index is 13.4. The molecule has 17 heteroatoms. The van der Waals surface area contributed by atoms with Gasteiger partial charge in [0.2, 0.25) is 5.28 Å². The molecule has 0 bridgehead atoms. The Balaban J connectivity index is 0.000000131. The number of rotatable bonds is 33. The number of carbonyl (C=O) groups is 2. The van der Waals surface area contributed by atoms with Gasteiger partial charge >= 0.3 is 124 Å². The number of nitrogens with zero attached hydrogens (tertiary/aromatic N) is 8. The van der Waals surface area contributed by atoms with E-state index >= 15 is 0 Å². The van der Waals surface area contributed by atoms with E-state index in [1.807, 2.05) is 31.4 Å². The van der Waals surface area contributed by atoms with Gasteiger partial charge < -0.3 is 9.80 Å². The molecule has 0 spiro atoms. The Kier molecular flexibility index (Phi) is 44.5. The van der Waals surface area contributed by atoms with Crippen LogP contribution in [0.4, 0.5) is 11.6 Å². The molecular formula is C132H147ClN8O2P4PdSn. The molecule has 4 aromatic heterocycles. The average Bonchev–Trinajstić information content (AvgIpc) is 1.58. The van der Waals surface area contributed by atoms with Crippen molar-refractivity contribution in [1.29, 1.82) is 0 Å². The summed E-state index contributed by atoms with van der Waals surface area (Å²) in [6.07, 6.45) is 36.2. The molecular weight excluding hydrogens is 2110 g/mol. The summed E-state index contributed by atoms with van der Waals surface area (Å²) in [6.45, 7) is 6.98. The number of unbranched alkanes of at least 4 members (excludes halogenated alkanes) is 3. The minimum atomic E-state index is -2.21. The van der Waals surface area contributed by atoms with Gasteiger partial charge in [-0.05, 0) is 195 Å². The van der Waals surface area contributed by atoms with Crippen molar-refractivity contribution < 1.29 is 30.0 Å². The molecule has 0 amide bonds. The molecule has 6 aliphatic carbocycles. The molecule has 6 aliphatic rings. The van der Waals surface area contributed by atoms with Crippen LogP contribution in [0.5, 0.6) is 0 Å². The van der Waals surface area contributed by atoms with E-state index in [1.54, 1.807) is 9.91 Å². The summed E-state index contributed by atoms with van der Waals surface area (Å²) in [6, 6.07) is 142. The summed E-state index contributed by atoms with van der Waals surface area (Å²) in [5, 5.41) is 17.1. The van der Waals surface area contributed by atoms with Crippen molar-refractivity contribution in [2.24, 2.45) is 11.8 Å². The van der Waals surface area contributed by atoms with Crippen molar-refractivity contribution in [2.75, 3.05) is 23.9 Å². The van der Waals surface area contributed by atoms with E-state index in [9.17, 15) is 9.59 Å². The van der Waals surface area contributed by atoms with E-state index < -0.39 is 50.1 Å². The molecule has 4 heterocycles. The maximum Gasteiger partial charge on any atom is 0.224 e. The van der Waals surface area contributed by atoms with Crippen LogP contribution in [0.25, 0.3) is 11.5 Å². The molecule has 0 radical (unpaired) electrons. The number of halogens is 1. The molecule has 16 aromatic rings. The van der Waals surface area contributed by atoms with Gasteiger partial charge in [-0.1, -0.05) is 434 Å². The zero-order valence-corrected chi connectivity index (χ0v) is 96.5. The van der Waals surface area contributed by atoms with Crippen LogP contribution < -0.4 is 77.2 Å². The van der Waals surface area contributed by atoms with Crippen LogP contribution in [0.1, 0.15) is 197 Å². The summed E-state index contributed by atoms with van der Waals surface area (Å²) in [5.74, 6) is 4.57. The molecule has 0 atom stereocenters. The van der Waals surface area contributed by atoms with Crippen LogP contribution >= 0.6 is 43.3 Å². The monoisotopic (exact) mass is 2260 g/mol. The van der Waals surface area contributed by atoms with Gasteiger partial charge in [-0.2, -0.15) is 0 Å². The standard InChI is InChI=1S/C24H30N4O.C19H26ClN3O.4C18H15P.C5H4N.3C4H9.Pd.Sn/c1-28(24(13-14-24)21(29)16-17-8-3-2-4-9-17)23-18-10-7-12-19(18)26-22(27-23)20-11-5-6-15-25-20;1-23(17-14-8-5-9-15(14)21-18(20)22-17)19(10-11-19)16(24)12-13-6-3-2-4-7-13;4*1-4-10-16(11-5-1)19(17-12-6-2-7-13-17)18-14-8-3-9-15-18;1-2-4-6-5-3-1;3*1-3-4-2;;/h5-6,11,15,17H,2-4,7-10,12-14,16H2,1H3;13H,2-12H2,1H3;4*1-15H;1-4H;3*1,3-4H2,2H3;;. The predicted octanol–water partition coefficient (Wildman–Crippen LogP) is 27.6. The second kappa shape index (κ2) is 58.9. The summed E-state index contributed by atoms with van der Waals surface area (Å²) >= 11 is 3.94. The molecule has 10 nitrogen and oxygen atoms in total.